The molecule has 4 N–H and O–H groups in total. The minimum absolute atomic E-state index is 0.0955. The van der Waals surface area contributed by atoms with Crippen LogP contribution in [0.4, 0.5) is 5.82 Å². The van der Waals surface area contributed by atoms with Crippen molar-refractivity contribution in [2.24, 2.45) is 11.1 Å². The lowest BCUT2D eigenvalue weighted by Gasteiger charge is -2.17. The molecular weight excluding hydrogens is 432 g/mol. The number of benzene rings is 1. The van der Waals surface area contributed by atoms with Crippen LogP contribution in [0.15, 0.2) is 24.5 Å². The van der Waals surface area contributed by atoms with Gasteiger partial charge in [-0.2, -0.15) is 8.42 Å². The minimum Gasteiger partial charge on any atom is -0.486 e. The number of aromatic amines is 1. The average Bonchev–Trinajstić information content (AvgIpc) is 3.41. The first kappa shape index (κ1) is 21.1. The number of anilines is 1. The van der Waals surface area contributed by atoms with Gasteiger partial charge in [-0.25, -0.2) is 20.1 Å². The van der Waals surface area contributed by atoms with Gasteiger partial charge in [0.15, 0.2) is 17.0 Å². The Hall–Kier alpha value is -2.76. The van der Waals surface area contributed by atoms with Crippen molar-refractivity contribution >= 4 is 27.3 Å². The van der Waals surface area contributed by atoms with E-state index in [0.717, 1.165) is 42.6 Å². The third kappa shape index (κ3) is 4.27. The molecule has 0 bridgehead atoms. The SMILES string of the molecule is CC1(C)Cc2cccc(-c3nc4c(N[C@H]5CC[C@H](COS(N)(=O)=O)C5)ncnc4[nH]3)c2O1. The summed E-state index contributed by atoms with van der Waals surface area (Å²) in [5.74, 6) is 2.30. The Morgan fingerprint density at radius 1 is 1.31 bits per heavy atom. The van der Waals surface area contributed by atoms with Crippen molar-refractivity contribution in [3.63, 3.8) is 0 Å². The third-order valence-corrected chi connectivity index (χ3v) is 6.44. The smallest absolute Gasteiger partial charge is 0.333 e. The van der Waals surface area contributed by atoms with Gasteiger partial charge in [0.05, 0.1) is 12.2 Å². The molecule has 0 saturated heterocycles. The van der Waals surface area contributed by atoms with E-state index in [0.29, 0.717) is 22.8 Å². The van der Waals surface area contributed by atoms with Crippen molar-refractivity contribution in [1.29, 1.82) is 0 Å². The van der Waals surface area contributed by atoms with Crippen molar-refractivity contribution in [2.75, 3.05) is 11.9 Å². The van der Waals surface area contributed by atoms with Gasteiger partial charge >= 0.3 is 10.3 Å². The normalized spacial score (nSPS) is 22.1. The van der Waals surface area contributed by atoms with Gasteiger partial charge < -0.3 is 15.0 Å². The van der Waals surface area contributed by atoms with E-state index in [9.17, 15) is 8.42 Å². The summed E-state index contributed by atoms with van der Waals surface area (Å²) in [6.07, 6.45) is 4.82. The molecule has 0 unspecified atom stereocenters. The van der Waals surface area contributed by atoms with Crippen molar-refractivity contribution in [3.05, 3.63) is 30.1 Å². The van der Waals surface area contributed by atoms with Gasteiger partial charge in [0.1, 0.15) is 23.5 Å². The van der Waals surface area contributed by atoms with Crippen LogP contribution >= 0.6 is 0 Å². The average molecular weight is 459 g/mol. The molecule has 2 aliphatic rings. The van der Waals surface area contributed by atoms with Gasteiger partial charge in [0.25, 0.3) is 0 Å². The molecule has 1 aromatic carbocycles. The summed E-state index contributed by atoms with van der Waals surface area (Å²) in [6.45, 7) is 4.25. The zero-order chi connectivity index (χ0) is 22.5. The van der Waals surface area contributed by atoms with Crippen molar-refractivity contribution in [3.8, 4) is 17.1 Å². The van der Waals surface area contributed by atoms with Crippen LogP contribution in [-0.2, 0) is 20.9 Å². The number of fused-ring (bicyclic) bond motifs is 2. The Morgan fingerprint density at radius 2 is 2.16 bits per heavy atom. The van der Waals surface area contributed by atoms with Gasteiger partial charge in [-0.1, -0.05) is 12.1 Å². The Morgan fingerprint density at radius 3 is 2.97 bits per heavy atom. The number of nitrogens with one attached hydrogen (secondary N) is 2. The van der Waals surface area contributed by atoms with E-state index < -0.39 is 10.3 Å². The maximum absolute atomic E-state index is 11.0. The number of nitrogens with two attached hydrogens (primary N) is 1. The first-order valence-electron chi connectivity index (χ1n) is 10.6. The zero-order valence-corrected chi connectivity index (χ0v) is 18.8. The Bertz CT molecular complexity index is 1270. The molecule has 1 aliphatic heterocycles. The molecule has 0 amide bonds. The Labute approximate surface area is 186 Å². The second-order valence-corrected chi connectivity index (χ2v) is 10.4. The molecule has 2 aromatic heterocycles. The van der Waals surface area contributed by atoms with Crippen LogP contribution in [0, 0.1) is 5.92 Å². The molecule has 10 nitrogen and oxygen atoms in total. The highest BCUT2D eigenvalue weighted by molar-refractivity contribution is 7.84. The molecule has 1 aliphatic carbocycles. The van der Waals surface area contributed by atoms with E-state index in [1.807, 2.05) is 12.1 Å². The second-order valence-electron chi connectivity index (χ2n) is 9.13. The van der Waals surface area contributed by atoms with E-state index in [-0.39, 0.29) is 24.2 Å². The van der Waals surface area contributed by atoms with Crippen molar-refractivity contribution in [2.45, 2.75) is 51.2 Å². The number of H-pyrrole nitrogens is 1. The molecule has 1 fully saturated rings. The molecule has 0 spiro atoms. The van der Waals surface area contributed by atoms with Crippen molar-refractivity contribution < 1.29 is 17.3 Å². The number of hydrogen-bond acceptors (Lipinski definition) is 8. The molecule has 2 atom stereocenters. The van der Waals surface area contributed by atoms with Crippen LogP contribution in [0.25, 0.3) is 22.6 Å². The first-order valence-corrected chi connectivity index (χ1v) is 12.1. The summed E-state index contributed by atoms with van der Waals surface area (Å²) in [4.78, 5) is 16.8. The molecule has 5 rings (SSSR count). The summed E-state index contributed by atoms with van der Waals surface area (Å²) in [6, 6.07) is 6.22. The summed E-state index contributed by atoms with van der Waals surface area (Å²) >= 11 is 0. The molecule has 0 radical (unpaired) electrons. The standard InChI is InChI=1S/C21H26N6O4S/c1-21(2)9-13-4-3-5-15(17(13)31-21)18-26-16-19(23-11-24-20(16)27-18)25-14-7-6-12(8-14)10-30-32(22,28)29/h3-5,11-12,14H,6-10H2,1-2H3,(H2,22,28,29)(H2,23,24,25,26,27)/t12-,14-/m0/s1. The fourth-order valence-electron chi connectivity index (χ4n) is 4.61. The summed E-state index contributed by atoms with van der Waals surface area (Å²) in [7, 11) is -3.92. The quantitative estimate of drug-likeness (QED) is 0.511. The Balaban J connectivity index is 1.37. The zero-order valence-electron chi connectivity index (χ0n) is 18.0. The van der Waals surface area contributed by atoms with E-state index in [2.05, 4.69) is 40.2 Å². The van der Waals surface area contributed by atoms with Gasteiger partial charge in [-0.15, -0.1) is 0 Å². The van der Waals surface area contributed by atoms with Crippen molar-refractivity contribution in [1.82, 2.24) is 19.9 Å². The number of imidazole rings is 1. The minimum atomic E-state index is -3.92. The number of nitrogens with zero attached hydrogens (tertiary/aromatic N) is 3. The lowest BCUT2D eigenvalue weighted by atomic mass is 10.0. The second kappa shape index (κ2) is 7.68. The lowest BCUT2D eigenvalue weighted by molar-refractivity contribution is 0.139. The topological polar surface area (TPSA) is 145 Å². The predicted molar refractivity (Wildman–Crippen MR) is 119 cm³/mol. The number of rotatable bonds is 6. The van der Waals surface area contributed by atoms with E-state index in [4.69, 9.17) is 19.0 Å². The first-order chi connectivity index (χ1) is 15.2. The highest BCUT2D eigenvalue weighted by Gasteiger charge is 2.33. The lowest BCUT2D eigenvalue weighted by Crippen LogP contribution is -2.24. The molecule has 3 aromatic rings. The fourth-order valence-corrected chi connectivity index (χ4v) is 4.99. The number of ether oxygens (including phenoxy) is 1. The highest BCUT2D eigenvalue weighted by atomic mass is 32.2. The van der Waals surface area contributed by atoms with E-state index >= 15 is 0 Å². The number of hydrogen-bond donors (Lipinski definition) is 3. The molecule has 170 valence electrons. The van der Waals surface area contributed by atoms with Crippen LogP contribution in [0.3, 0.4) is 0 Å². The summed E-state index contributed by atoms with van der Waals surface area (Å²) < 4.78 is 33.0. The largest absolute Gasteiger partial charge is 0.486 e. The summed E-state index contributed by atoms with van der Waals surface area (Å²) in [5.41, 5.74) is 3.11. The predicted octanol–water partition coefficient (Wildman–Crippen LogP) is 2.53. The van der Waals surface area contributed by atoms with Gasteiger partial charge in [0, 0.05) is 12.5 Å². The molecule has 32 heavy (non-hydrogen) atoms. The van der Waals surface area contributed by atoms with Crippen LogP contribution in [0.1, 0.15) is 38.7 Å². The maximum atomic E-state index is 11.0. The van der Waals surface area contributed by atoms with Gasteiger partial charge in [-0.3, -0.25) is 4.18 Å². The van der Waals surface area contributed by atoms with Crippen LogP contribution in [0.5, 0.6) is 5.75 Å². The number of aromatic nitrogens is 4. The highest BCUT2D eigenvalue weighted by Crippen LogP contribution is 2.42. The molecular formula is C21H26N6O4S. The monoisotopic (exact) mass is 458 g/mol. The van der Waals surface area contributed by atoms with Crippen LogP contribution < -0.4 is 15.2 Å². The Kier molecular flexibility index (Phi) is 5.06. The molecule has 11 heteroatoms. The summed E-state index contributed by atoms with van der Waals surface area (Å²) in [5, 5.41) is 8.37. The molecule has 1 saturated carbocycles. The third-order valence-electron chi connectivity index (χ3n) is 5.98. The van der Waals surface area contributed by atoms with Gasteiger partial charge in [0.2, 0.25) is 0 Å². The fraction of sp³-hybridized carbons (Fsp3) is 0.476. The number of para-hydroxylation sites is 1. The van der Waals surface area contributed by atoms with E-state index in [1.54, 1.807) is 0 Å². The van der Waals surface area contributed by atoms with Gasteiger partial charge in [-0.05, 0) is 50.7 Å². The van der Waals surface area contributed by atoms with Crippen LogP contribution in [0.2, 0.25) is 0 Å². The van der Waals surface area contributed by atoms with Crippen LogP contribution in [-0.4, -0.2) is 46.6 Å². The maximum Gasteiger partial charge on any atom is 0.333 e. The van der Waals surface area contributed by atoms with E-state index in [1.165, 1.54) is 6.33 Å². The molecule has 3 heterocycles.